The number of aromatic nitrogens is 5. The minimum atomic E-state index is -4.49. The van der Waals surface area contributed by atoms with Crippen molar-refractivity contribution in [3.8, 4) is 5.82 Å². The lowest BCUT2D eigenvalue weighted by molar-refractivity contribution is -0.137. The summed E-state index contributed by atoms with van der Waals surface area (Å²) in [6.45, 7) is 0. The van der Waals surface area contributed by atoms with Crippen molar-refractivity contribution in [2.45, 2.75) is 6.18 Å². The number of aromatic amines is 1. The molecule has 0 saturated heterocycles. The quantitative estimate of drug-likeness (QED) is 0.581. The molecule has 4 rings (SSSR count). The third-order valence-corrected chi connectivity index (χ3v) is 3.71. The second-order valence-electron chi connectivity index (χ2n) is 5.26. The molecule has 0 amide bonds. The van der Waals surface area contributed by atoms with Gasteiger partial charge in [-0.25, -0.2) is 19.4 Å². The number of hydrogen-bond acceptors (Lipinski definition) is 4. The Labute approximate surface area is 136 Å². The van der Waals surface area contributed by atoms with Crippen LogP contribution in [0.25, 0.3) is 27.9 Å². The summed E-state index contributed by atoms with van der Waals surface area (Å²) in [6.07, 6.45) is -0.538. The smallest absolute Gasteiger partial charge is 0.416 e. The first-order chi connectivity index (χ1) is 11.8. The monoisotopic (exact) mass is 347 g/mol. The van der Waals surface area contributed by atoms with Gasteiger partial charge in [0.05, 0.1) is 23.5 Å². The van der Waals surface area contributed by atoms with Crippen LogP contribution in [-0.2, 0) is 6.18 Å². The number of alkyl halides is 3. The molecule has 3 aromatic heterocycles. The number of carboxylic acids is 1. The molecule has 0 radical (unpaired) electrons. The predicted molar refractivity (Wildman–Crippen MR) is 80.5 cm³/mol. The zero-order chi connectivity index (χ0) is 17.8. The maximum Gasteiger partial charge on any atom is 0.416 e. The number of hydrogen-bond donors (Lipinski definition) is 2. The molecule has 0 aliphatic heterocycles. The van der Waals surface area contributed by atoms with Crippen molar-refractivity contribution in [3.05, 3.63) is 47.9 Å². The van der Waals surface area contributed by atoms with E-state index in [0.29, 0.717) is 5.39 Å². The van der Waals surface area contributed by atoms with E-state index in [0.717, 1.165) is 12.1 Å². The average molecular weight is 347 g/mol. The molecule has 25 heavy (non-hydrogen) atoms. The maximum atomic E-state index is 12.9. The number of carboxylic acid groups (broad SMARTS) is 1. The van der Waals surface area contributed by atoms with Crippen LogP contribution >= 0.6 is 0 Å². The van der Waals surface area contributed by atoms with Gasteiger partial charge in [-0.1, -0.05) is 6.07 Å². The summed E-state index contributed by atoms with van der Waals surface area (Å²) >= 11 is 0. The predicted octanol–water partition coefficient (Wildman–Crippen LogP) is 3.01. The van der Waals surface area contributed by atoms with Gasteiger partial charge in [0, 0.05) is 11.6 Å². The zero-order valence-corrected chi connectivity index (χ0v) is 12.2. The molecule has 3 heterocycles. The molecule has 0 unspecified atom stereocenters. The Kier molecular flexibility index (Phi) is 3.04. The number of nitrogens with one attached hydrogen (secondary N) is 1. The van der Waals surface area contributed by atoms with E-state index in [9.17, 15) is 18.0 Å². The van der Waals surface area contributed by atoms with Crippen LogP contribution in [0, 0.1) is 0 Å². The summed E-state index contributed by atoms with van der Waals surface area (Å²) in [6, 6.07) is 3.24. The van der Waals surface area contributed by atoms with Gasteiger partial charge in [-0.3, -0.25) is 0 Å². The fourth-order valence-corrected chi connectivity index (χ4v) is 2.52. The summed E-state index contributed by atoms with van der Waals surface area (Å²) in [7, 11) is 0. The normalized spacial score (nSPS) is 12.1. The molecule has 126 valence electrons. The molecule has 10 heteroatoms. The third-order valence-electron chi connectivity index (χ3n) is 3.71. The van der Waals surface area contributed by atoms with Crippen LogP contribution in [0.15, 0.2) is 36.8 Å². The molecule has 4 aromatic rings. The first-order valence-electron chi connectivity index (χ1n) is 6.97. The lowest BCUT2D eigenvalue weighted by Crippen LogP contribution is -2.06. The van der Waals surface area contributed by atoms with Gasteiger partial charge in [0.25, 0.3) is 0 Å². The Morgan fingerprint density at radius 3 is 2.76 bits per heavy atom. The Morgan fingerprint density at radius 1 is 1.24 bits per heavy atom. The average Bonchev–Trinajstić information content (AvgIpc) is 3.16. The molecular weight excluding hydrogens is 339 g/mol. The van der Waals surface area contributed by atoms with Crippen LogP contribution in [0.3, 0.4) is 0 Å². The van der Waals surface area contributed by atoms with Crippen LogP contribution in [0.1, 0.15) is 15.9 Å². The number of rotatable bonds is 2. The Balaban J connectivity index is 1.93. The Morgan fingerprint density at radius 2 is 2.04 bits per heavy atom. The lowest BCUT2D eigenvalue weighted by atomic mass is 10.1. The number of nitrogens with zero attached hydrogens (tertiary/aromatic N) is 4. The molecule has 0 saturated carbocycles. The maximum absolute atomic E-state index is 12.9. The number of aromatic carboxylic acids is 1. The molecule has 0 fully saturated rings. The highest BCUT2D eigenvalue weighted by Gasteiger charge is 2.31. The van der Waals surface area contributed by atoms with Crippen LogP contribution in [0.4, 0.5) is 13.2 Å². The first kappa shape index (κ1) is 15.1. The highest BCUT2D eigenvalue weighted by molar-refractivity contribution is 6.00. The fourth-order valence-electron chi connectivity index (χ4n) is 2.52. The second kappa shape index (κ2) is 5.03. The molecule has 0 aliphatic carbocycles. The van der Waals surface area contributed by atoms with E-state index >= 15 is 0 Å². The SMILES string of the molecule is O=C(O)c1c[nH]c2ncc(-n3ncc4ccc(C(F)(F)F)cc43)nc12. The van der Waals surface area contributed by atoms with E-state index in [1.165, 1.54) is 29.3 Å². The number of fused-ring (bicyclic) bond motifs is 2. The number of H-pyrrole nitrogens is 1. The van der Waals surface area contributed by atoms with E-state index in [2.05, 4.69) is 20.1 Å². The second-order valence-corrected chi connectivity index (χ2v) is 5.26. The van der Waals surface area contributed by atoms with Crippen molar-refractivity contribution in [2.24, 2.45) is 0 Å². The molecule has 0 spiro atoms. The largest absolute Gasteiger partial charge is 0.478 e. The van der Waals surface area contributed by atoms with Gasteiger partial charge >= 0.3 is 12.1 Å². The highest BCUT2D eigenvalue weighted by Crippen LogP contribution is 2.32. The fraction of sp³-hybridized carbons (Fsp3) is 0.0667. The molecular formula is C15H8F3N5O2. The molecule has 0 atom stereocenters. The Hall–Kier alpha value is -3.43. The first-order valence-corrected chi connectivity index (χ1v) is 6.97. The number of benzene rings is 1. The van der Waals surface area contributed by atoms with E-state index in [4.69, 9.17) is 5.11 Å². The van der Waals surface area contributed by atoms with E-state index < -0.39 is 17.7 Å². The van der Waals surface area contributed by atoms with Crippen LogP contribution in [0.5, 0.6) is 0 Å². The standard InChI is InChI=1S/C15H8F3N5O2/c16-15(17,18)8-2-1-7-4-21-23(10(7)3-8)11-6-20-13-12(22-11)9(5-19-13)14(24)25/h1-6H,(H,19,20)(H,24,25). The summed E-state index contributed by atoms with van der Waals surface area (Å²) in [5.74, 6) is -1.08. The Bertz CT molecular complexity index is 1130. The van der Waals surface area contributed by atoms with Crippen molar-refractivity contribution in [2.75, 3.05) is 0 Å². The topological polar surface area (TPSA) is 96.7 Å². The zero-order valence-electron chi connectivity index (χ0n) is 12.2. The van der Waals surface area contributed by atoms with Crippen molar-refractivity contribution in [1.82, 2.24) is 24.7 Å². The van der Waals surface area contributed by atoms with Gasteiger partial charge in [-0.2, -0.15) is 18.3 Å². The van der Waals surface area contributed by atoms with E-state index in [-0.39, 0.29) is 28.1 Å². The van der Waals surface area contributed by atoms with Crippen LogP contribution in [-0.4, -0.2) is 35.8 Å². The van der Waals surface area contributed by atoms with Gasteiger partial charge in [0.15, 0.2) is 11.5 Å². The van der Waals surface area contributed by atoms with Crippen LogP contribution < -0.4 is 0 Å². The third kappa shape index (κ3) is 2.38. The summed E-state index contributed by atoms with van der Waals surface area (Å²) < 4.78 is 40.0. The molecule has 1 aromatic carbocycles. The minimum absolute atomic E-state index is 0.0863. The minimum Gasteiger partial charge on any atom is -0.478 e. The van der Waals surface area contributed by atoms with Crippen LogP contribution in [0.2, 0.25) is 0 Å². The van der Waals surface area contributed by atoms with E-state index in [1.807, 2.05) is 0 Å². The lowest BCUT2D eigenvalue weighted by Gasteiger charge is -2.07. The molecule has 7 nitrogen and oxygen atoms in total. The molecule has 2 N–H and O–H groups in total. The molecule has 0 bridgehead atoms. The van der Waals surface area contributed by atoms with Crippen molar-refractivity contribution in [1.29, 1.82) is 0 Å². The summed E-state index contributed by atoms with van der Waals surface area (Å²) in [4.78, 5) is 22.1. The van der Waals surface area contributed by atoms with Crippen molar-refractivity contribution in [3.63, 3.8) is 0 Å². The van der Waals surface area contributed by atoms with E-state index in [1.54, 1.807) is 0 Å². The van der Waals surface area contributed by atoms with Crippen molar-refractivity contribution >= 4 is 28.0 Å². The summed E-state index contributed by atoms with van der Waals surface area (Å²) in [5, 5.41) is 13.7. The van der Waals surface area contributed by atoms with Gasteiger partial charge in [0.2, 0.25) is 0 Å². The number of carbonyl (C=O) groups is 1. The van der Waals surface area contributed by atoms with Gasteiger partial charge < -0.3 is 10.1 Å². The summed E-state index contributed by atoms with van der Waals surface area (Å²) in [5.41, 5.74) is -0.356. The number of halogens is 3. The van der Waals surface area contributed by atoms with Gasteiger partial charge in [-0.05, 0) is 12.1 Å². The van der Waals surface area contributed by atoms with Gasteiger partial charge in [0.1, 0.15) is 11.1 Å². The van der Waals surface area contributed by atoms with Crippen molar-refractivity contribution < 1.29 is 23.1 Å². The van der Waals surface area contributed by atoms with Gasteiger partial charge in [-0.15, -0.1) is 0 Å². The highest BCUT2D eigenvalue weighted by atomic mass is 19.4. The molecule has 0 aliphatic rings.